The molecular weight excluding hydrogens is 320 g/mol. The zero-order chi connectivity index (χ0) is 16.4. The zero-order valence-corrected chi connectivity index (χ0v) is 11.6. The number of carbonyl (C=O) groups is 1. The van der Waals surface area contributed by atoms with E-state index in [1.165, 1.54) is 0 Å². The van der Waals surface area contributed by atoms with Crippen molar-refractivity contribution in [2.45, 2.75) is 17.4 Å². The van der Waals surface area contributed by atoms with Crippen LogP contribution in [0.25, 0.3) is 0 Å². The lowest BCUT2D eigenvalue weighted by molar-refractivity contribution is -0.236. The molecule has 1 rings (SSSR count). The monoisotopic (exact) mass is 330 g/mol. The normalized spacial score (nSPS) is 13.6. The molecule has 1 aromatic carbocycles. The average Bonchev–Trinajstić information content (AvgIpc) is 2.35. The van der Waals surface area contributed by atoms with Crippen molar-refractivity contribution in [3.8, 4) is 5.75 Å². The van der Waals surface area contributed by atoms with Crippen molar-refractivity contribution >= 4 is 15.8 Å². The lowest BCUT2D eigenvalue weighted by Crippen LogP contribution is -2.30. The van der Waals surface area contributed by atoms with Gasteiger partial charge >= 0.3 is 18.5 Å². The fraction of sp³-hybridized carbons (Fsp3) is 0.364. The van der Waals surface area contributed by atoms with Gasteiger partial charge in [-0.2, -0.15) is 17.6 Å². The number of esters is 1. The Morgan fingerprint density at radius 3 is 2.24 bits per heavy atom. The molecule has 0 saturated carbocycles. The smallest absolute Gasteiger partial charge is 0.457 e. The number of hydrogen-bond donors (Lipinski definition) is 0. The summed E-state index contributed by atoms with van der Waals surface area (Å²) in [4.78, 5) is 10.8. The number of hydrogen-bond acceptors (Lipinski definition) is 5. The second-order valence-corrected chi connectivity index (χ2v) is 5.95. The van der Waals surface area contributed by atoms with E-state index < -0.39 is 39.0 Å². The van der Waals surface area contributed by atoms with Gasteiger partial charge in [-0.15, -0.1) is 0 Å². The van der Waals surface area contributed by atoms with Crippen molar-refractivity contribution in [3.05, 3.63) is 23.8 Å². The summed E-state index contributed by atoms with van der Waals surface area (Å²) in [6, 6.07) is 2.31. The molecule has 0 aliphatic rings. The molecule has 0 radical (unpaired) electrons. The van der Waals surface area contributed by atoms with E-state index in [9.17, 15) is 30.8 Å². The number of benzene rings is 1. The molecular formula is C11H10F4O5S. The van der Waals surface area contributed by atoms with Crippen molar-refractivity contribution in [1.29, 1.82) is 0 Å². The summed E-state index contributed by atoms with van der Waals surface area (Å²) in [5, 5.41) is 0. The third-order valence-corrected chi connectivity index (χ3v) is 3.32. The SMILES string of the molecule is COC(=O)c1cc(OC(F)C(F)(F)F)cc(S(C)(=O)=O)c1. The summed E-state index contributed by atoms with van der Waals surface area (Å²) in [6.45, 7) is 0. The van der Waals surface area contributed by atoms with Crippen molar-refractivity contribution in [1.82, 2.24) is 0 Å². The Hall–Kier alpha value is -1.84. The minimum absolute atomic E-state index is 0.384. The van der Waals surface area contributed by atoms with Crippen molar-refractivity contribution < 1.29 is 40.2 Å². The fourth-order valence-electron chi connectivity index (χ4n) is 1.28. The molecule has 0 fully saturated rings. The summed E-state index contributed by atoms with van der Waals surface area (Å²) in [5.74, 6) is -1.77. The molecule has 0 heterocycles. The first kappa shape index (κ1) is 17.2. The molecule has 21 heavy (non-hydrogen) atoms. The second-order valence-electron chi connectivity index (χ2n) is 3.93. The van der Waals surface area contributed by atoms with Gasteiger partial charge in [0.2, 0.25) is 0 Å². The van der Waals surface area contributed by atoms with Gasteiger partial charge < -0.3 is 9.47 Å². The molecule has 0 aliphatic heterocycles. The Balaban J connectivity index is 3.29. The van der Waals surface area contributed by atoms with Crippen LogP contribution in [-0.2, 0) is 14.6 Å². The number of ether oxygens (including phenoxy) is 2. The summed E-state index contributed by atoms with van der Waals surface area (Å²) in [7, 11) is -2.86. The van der Waals surface area contributed by atoms with Crippen LogP contribution in [0.15, 0.2) is 23.1 Å². The first-order valence-electron chi connectivity index (χ1n) is 5.26. The number of rotatable bonds is 4. The topological polar surface area (TPSA) is 69.7 Å². The molecule has 0 aliphatic carbocycles. The van der Waals surface area contributed by atoms with Crippen LogP contribution in [0.2, 0.25) is 0 Å². The lowest BCUT2D eigenvalue weighted by atomic mass is 10.2. The van der Waals surface area contributed by atoms with E-state index in [1.807, 2.05) is 0 Å². The van der Waals surface area contributed by atoms with Crippen LogP contribution in [0.4, 0.5) is 17.6 Å². The van der Waals surface area contributed by atoms with Gasteiger partial charge in [-0.05, 0) is 18.2 Å². The molecule has 0 aromatic heterocycles. The molecule has 0 saturated heterocycles. The predicted octanol–water partition coefficient (Wildman–Crippen LogP) is 2.11. The number of alkyl halides is 4. The zero-order valence-electron chi connectivity index (χ0n) is 10.8. The highest BCUT2D eigenvalue weighted by Crippen LogP contribution is 2.28. The highest BCUT2D eigenvalue weighted by atomic mass is 32.2. The van der Waals surface area contributed by atoms with E-state index in [0.717, 1.165) is 25.5 Å². The van der Waals surface area contributed by atoms with Gasteiger partial charge in [0.25, 0.3) is 0 Å². The highest BCUT2D eigenvalue weighted by Gasteiger charge is 2.42. The van der Waals surface area contributed by atoms with Crippen LogP contribution in [0.1, 0.15) is 10.4 Å². The van der Waals surface area contributed by atoms with Gasteiger partial charge in [0.15, 0.2) is 9.84 Å². The van der Waals surface area contributed by atoms with Crippen LogP contribution in [-0.4, -0.2) is 40.3 Å². The minimum atomic E-state index is -5.29. The standard InChI is InChI=1S/C11H10F4O5S/c1-19-9(16)6-3-7(20-10(12)11(13,14)15)5-8(4-6)21(2,17)18/h3-5,10H,1-2H3. The molecule has 0 bridgehead atoms. The van der Waals surface area contributed by atoms with Gasteiger partial charge in [-0.3, -0.25) is 0 Å². The summed E-state index contributed by atoms with van der Waals surface area (Å²) < 4.78 is 80.2. The molecule has 0 spiro atoms. The molecule has 118 valence electrons. The van der Waals surface area contributed by atoms with Gasteiger partial charge in [0.1, 0.15) is 5.75 Å². The van der Waals surface area contributed by atoms with Gasteiger partial charge in [-0.1, -0.05) is 0 Å². The van der Waals surface area contributed by atoms with E-state index in [1.54, 1.807) is 0 Å². The Labute approximate surface area is 117 Å². The van der Waals surface area contributed by atoms with Crippen molar-refractivity contribution in [3.63, 3.8) is 0 Å². The number of sulfone groups is 1. The first-order chi connectivity index (χ1) is 9.45. The summed E-state index contributed by atoms with van der Waals surface area (Å²) in [6.07, 6.45) is -8.17. The van der Waals surface area contributed by atoms with E-state index >= 15 is 0 Å². The number of carbonyl (C=O) groups excluding carboxylic acids is 1. The van der Waals surface area contributed by atoms with Crippen LogP contribution in [0, 0.1) is 0 Å². The molecule has 0 N–H and O–H groups in total. The molecule has 1 aromatic rings. The second kappa shape index (κ2) is 5.88. The Morgan fingerprint density at radius 1 is 1.24 bits per heavy atom. The number of methoxy groups -OCH3 is 1. The van der Waals surface area contributed by atoms with E-state index in [0.29, 0.717) is 6.07 Å². The molecule has 1 atom stereocenters. The molecule has 1 unspecified atom stereocenters. The predicted molar refractivity (Wildman–Crippen MR) is 62.5 cm³/mol. The van der Waals surface area contributed by atoms with Crippen LogP contribution >= 0.6 is 0 Å². The largest absolute Gasteiger partial charge is 0.465 e. The third kappa shape index (κ3) is 4.59. The maximum Gasteiger partial charge on any atom is 0.457 e. The fourth-order valence-corrected chi connectivity index (χ4v) is 1.95. The van der Waals surface area contributed by atoms with Crippen LogP contribution < -0.4 is 4.74 Å². The average molecular weight is 330 g/mol. The van der Waals surface area contributed by atoms with E-state index in [4.69, 9.17) is 0 Å². The third-order valence-electron chi connectivity index (χ3n) is 2.23. The lowest BCUT2D eigenvalue weighted by Gasteiger charge is -2.15. The van der Waals surface area contributed by atoms with Gasteiger partial charge in [0.05, 0.1) is 17.6 Å². The maximum absolute atomic E-state index is 12.8. The Bertz CT molecular complexity index is 639. The summed E-state index contributed by atoms with van der Waals surface area (Å²) >= 11 is 0. The van der Waals surface area contributed by atoms with Crippen LogP contribution in [0.5, 0.6) is 5.75 Å². The molecule has 0 amide bonds. The van der Waals surface area contributed by atoms with Gasteiger partial charge in [0, 0.05) is 6.26 Å². The van der Waals surface area contributed by atoms with Crippen molar-refractivity contribution in [2.24, 2.45) is 0 Å². The van der Waals surface area contributed by atoms with Gasteiger partial charge in [-0.25, -0.2) is 13.2 Å². The minimum Gasteiger partial charge on any atom is -0.465 e. The Morgan fingerprint density at radius 2 is 1.81 bits per heavy atom. The number of halogens is 4. The first-order valence-corrected chi connectivity index (χ1v) is 7.15. The quantitative estimate of drug-likeness (QED) is 0.625. The van der Waals surface area contributed by atoms with E-state index in [-0.39, 0.29) is 5.56 Å². The van der Waals surface area contributed by atoms with Crippen LogP contribution in [0.3, 0.4) is 0 Å². The van der Waals surface area contributed by atoms with E-state index in [2.05, 4.69) is 9.47 Å². The Kier molecular flexibility index (Phi) is 4.82. The molecule has 5 nitrogen and oxygen atoms in total. The molecule has 10 heteroatoms. The summed E-state index contributed by atoms with van der Waals surface area (Å²) in [5.41, 5.74) is -0.384. The maximum atomic E-state index is 12.8. The van der Waals surface area contributed by atoms with Crippen molar-refractivity contribution in [2.75, 3.05) is 13.4 Å². The highest BCUT2D eigenvalue weighted by molar-refractivity contribution is 7.90.